The number of rotatable bonds is 5. The van der Waals surface area contributed by atoms with Crippen molar-refractivity contribution in [2.24, 2.45) is 0 Å². The Morgan fingerprint density at radius 2 is 2.00 bits per heavy atom. The van der Waals surface area contributed by atoms with Gasteiger partial charge in [-0.25, -0.2) is 0 Å². The molecule has 18 heavy (non-hydrogen) atoms. The SMILES string of the molecule is CCNC(CC)Cn1ccc(=O)c2ccccc21. The summed E-state index contributed by atoms with van der Waals surface area (Å²) in [5, 5.41) is 4.26. The van der Waals surface area contributed by atoms with Crippen molar-refractivity contribution >= 4 is 10.9 Å². The molecule has 2 rings (SSSR count). The number of hydrogen-bond acceptors (Lipinski definition) is 2. The van der Waals surface area contributed by atoms with E-state index in [2.05, 4.69) is 23.7 Å². The molecule has 1 heterocycles. The van der Waals surface area contributed by atoms with Crippen LogP contribution < -0.4 is 10.7 Å². The minimum absolute atomic E-state index is 0.0957. The lowest BCUT2D eigenvalue weighted by molar-refractivity contribution is 0.452. The van der Waals surface area contributed by atoms with Gasteiger partial charge in [0.2, 0.25) is 0 Å². The van der Waals surface area contributed by atoms with Crippen molar-refractivity contribution in [3.8, 4) is 0 Å². The van der Waals surface area contributed by atoms with Gasteiger partial charge < -0.3 is 9.88 Å². The van der Waals surface area contributed by atoms with Gasteiger partial charge >= 0.3 is 0 Å². The molecule has 0 radical (unpaired) electrons. The molecule has 1 aromatic heterocycles. The number of likely N-dealkylation sites (N-methyl/N-ethyl adjacent to an activating group) is 1. The molecule has 3 heteroatoms. The van der Waals surface area contributed by atoms with Crippen molar-refractivity contribution in [3.05, 3.63) is 46.8 Å². The molecule has 0 fully saturated rings. The molecule has 2 aromatic rings. The molecule has 0 aliphatic carbocycles. The number of benzene rings is 1. The van der Waals surface area contributed by atoms with E-state index in [1.165, 1.54) is 0 Å². The van der Waals surface area contributed by atoms with Gasteiger partial charge in [-0.2, -0.15) is 0 Å². The molecule has 0 spiro atoms. The second kappa shape index (κ2) is 5.83. The van der Waals surface area contributed by atoms with Gasteiger partial charge in [-0.3, -0.25) is 4.79 Å². The number of nitrogens with zero attached hydrogens (tertiary/aromatic N) is 1. The van der Waals surface area contributed by atoms with E-state index in [9.17, 15) is 4.79 Å². The highest BCUT2D eigenvalue weighted by molar-refractivity contribution is 5.78. The Morgan fingerprint density at radius 1 is 1.22 bits per heavy atom. The molecule has 96 valence electrons. The second-order valence-corrected chi connectivity index (χ2v) is 4.51. The van der Waals surface area contributed by atoms with E-state index >= 15 is 0 Å². The molecular formula is C15H20N2O. The standard InChI is InChI=1S/C15H20N2O/c1-3-12(16-4-2)11-17-10-9-15(18)13-7-5-6-8-14(13)17/h5-10,12,16H,3-4,11H2,1-2H3. The first kappa shape index (κ1) is 12.8. The molecule has 3 nitrogen and oxygen atoms in total. The highest BCUT2D eigenvalue weighted by Gasteiger charge is 2.07. The summed E-state index contributed by atoms with van der Waals surface area (Å²) in [5.74, 6) is 0. The lowest BCUT2D eigenvalue weighted by Crippen LogP contribution is -2.32. The molecule has 1 atom stereocenters. The van der Waals surface area contributed by atoms with Crippen LogP contribution in [0.25, 0.3) is 10.9 Å². The van der Waals surface area contributed by atoms with Crippen molar-refractivity contribution in [2.75, 3.05) is 6.54 Å². The smallest absolute Gasteiger partial charge is 0.189 e. The monoisotopic (exact) mass is 244 g/mol. The van der Waals surface area contributed by atoms with Crippen LogP contribution in [-0.4, -0.2) is 17.2 Å². The maximum absolute atomic E-state index is 11.8. The maximum atomic E-state index is 11.8. The van der Waals surface area contributed by atoms with Gasteiger partial charge in [0.25, 0.3) is 0 Å². The summed E-state index contributed by atoms with van der Waals surface area (Å²) in [5.41, 5.74) is 1.11. The van der Waals surface area contributed by atoms with Crippen LogP contribution in [0.4, 0.5) is 0 Å². The van der Waals surface area contributed by atoms with E-state index in [0.29, 0.717) is 6.04 Å². The normalized spacial score (nSPS) is 12.8. The van der Waals surface area contributed by atoms with Crippen molar-refractivity contribution in [1.82, 2.24) is 9.88 Å². The average molecular weight is 244 g/mol. The summed E-state index contributed by atoms with van der Waals surface area (Å²) in [7, 11) is 0. The number of pyridine rings is 1. The van der Waals surface area contributed by atoms with Crippen LogP contribution in [0.3, 0.4) is 0 Å². The van der Waals surface area contributed by atoms with Crippen LogP contribution in [0.1, 0.15) is 20.3 Å². The molecular weight excluding hydrogens is 224 g/mol. The van der Waals surface area contributed by atoms with Crippen molar-refractivity contribution < 1.29 is 0 Å². The third-order valence-electron chi connectivity index (χ3n) is 3.29. The largest absolute Gasteiger partial charge is 0.346 e. The Labute approximate surface area is 107 Å². The molecule has 0 saturated carbocycles. The van der Waals surface area contributed by atoms with Crippen LogP contribution in [0.15, 0.2) is 41.3 Å². The summed E-state index contributed by atoms with van der Waals surface area (Å²) in [4.78, 5) is 11.8. The van der Waals surface area contributed by atoms with Gasteiger partial charge in [-0.15, -0.1) is 0 Å². The molecule has 0 saturated heterocycles. The van der Waals surface area contributed by atoms with Gasteiger partial charge in [-0.05, 0) is 25.1 Å². The molecule has 0 bridgehead atoms. The first-order valence-electron chi connectivity index (χ1n) is 6.57. The molecule has 0 aliphatic heterocycles. The minimum atomic E-state index is 0.0957. The second-order valence-electron chi connectivity index (χ2n) is 4.51. The Kier molecular flexibility index (Phi) is 4.15. The minimum Gasteiger partial charge on any atom is -0.346 e. The van der Waals surface area contributed by atoms with E-state index < -0.39 is 0 Å². The fourth-order valence-electron chi connectivity index (χ4n) is 2.28. The number of aromatic nitrogens is 1. The van der Waals surface area contributed by atoms with E-state index in [1.807, 2.05) is 30.5 Å². The number of hydrogen-bond donors (Lipinski definition) is 1. The average Bonchev–Trinajstić information content (AvgIpc) is 2.41. The molecule has 1 N–H and O–H groups in total. The Morgan fingerprint density at radius 3 is 2.72 bits per heavy atom. The van der Waals surface area contributed by atoms with Crippen LogP contribution in [0, 0.1) is 0 Å². The highest BCUT2D eigenvalue weighted by atomic mass is 16.1. The third-order valence-corrected chi connectivity index (χ3v) is 3.29. The summed E-state index contributed by atoms with van der Waals surface area (Å²) >= 11 is 0. The zero-order valence-corrected chi connectivity index (χ0v) is 11.0. The quantitative estimate of drug-likeness (QED) is 0.876. The first-order chi connectivity index (χ1) is 8.76. The summed E-state index contributed by atoms with van der Waals surface area (Å²) in [6.07, 6.45) is 2.97. The molecule has 0 amide bonds. The predicted molar refractivity (Wildman–Crippen MR) is 76.0 cm³/mol. The van der Waals surface area contributed by atoms with E-state index in [0.717, 1.165) is 30.4 Å². The summed E-state index contributed by atoms with van der Waals surface area (Å²) < 4.78 is 2.16. The van der Waals surface area contributed by atoms with E-state index in [4.69, 9.17) is 0 Å². The van der Waals surface area contributed by atoms with Gasteiger partial charge in [0, 0.05) is 30.2 Å². The summed E-state index contributed by atoms with van der Waals surface area (Å²) in [6.45, 7) is 6.16. The molecule has 1 aromatic carbocycles. The van der Waals surface area contributed by atoms with Gasteiger partial charge in [0.15, 0.2) is 5.43 Å². The first-order valence-corrected chi connectivity index (χ1v) is 6.57. The zero-order valence-electron chi connectivity index (χ0n) is 11.0. The molecule has 0 aliphatic rings. The van der Waals surface area contributed by atoms with Crippen molar-refractivity contribution in [1.29, 1.82) is 0 Å². The third kappa shape index (κ3) is 2.62. The fraction of sp³-hybridized carbons (Fsp3) is 0.400. The number of fused-ring (bicyclic) bond motifs is 1. The van der Waals surface area contributed by atoms with Crippen LogP contribution in [0.5, 0.6) is 0 Å². The van der Waals surface area contributed by atoms with Gasteiger partial charge in [0.05, 0.1) is 5.52 Å². The Balaban J connectivity index is 2.39. The van der Waals surface area contributed by atoms with Crippen LogP contribution >= 0.6 is 0 Å². The number of nitrogens with one attached hydrogen (secondary N) is 1. The van der Waals surface area contributed by atoms with Crippen LogP contribution in [-0.2, 0) is 6.54 Å². The van der Waals surface area contributed by atoms with Gasteiger partial charge in [-0.1, -0.05) is 26.0 Å². The topological polar surface area (TPSA) is 34.0 Å². The van der Waals surface area contributed by atoms with E-state index in [1.54, 1.807) is 6.07 Å². The highest BCUT2D eigenvalue weighted by Crippen LogP contribution is 2.10. The summed E-state index contributed by atoms with van der Waals surface area (Å²) in [6, 6.07) is 9.89. The lowest BCUT2D eigenvalue weighted by atomic mass is 10.1. The fourth-order valence-corrected chi connectivity index (χ4v) is 2.28. The zero-order chi connectivity index (χ0) is 13.0. The van der Waals surface area contributed by atoms with Crippen molar-refractivity contribution in [3.63, 3.8) is 0 Å². The predicted octanol–water partition coefficient (Wildman–Crippen LogP) is 2.39. The van der Waals surface area contributed by atoms with Crippen molar-refractivity contribution in [2.45, 2.75) is 32.9 Å². The maximum Gasteiger partial charge on any atom is 0.189 e. The van der Waals surface area contributed by atoms with E-state index in [-0.39, 0.29) is 5.43 Å². The lowest BCUT2D eigenvalue weighted by Gasteiger charge is -2.19. The Hall–Kier alpha value is -1.61. The number of para-hydroxylation sites is 1. The van der Waals surface area contributed by atoms with Crippen LogP contribution in [0.2, 0.25) is 0 Å². The van der Waals surface area contributed by atoms with Gasteiger partial charge in [0.1, 0.15) is 0 Å². The Bertz CT molecular complexity index is 574. The molecule has 1 unspecified atom stereocenters.